The molecular weight excluding hydrogens is 226 g/mol. The van der Waals surface area contributed by atoms with Crippen molar-refractivity contribution in [2.45, 2.75) is 39.1 Å². The van der Waals surface area contributed by atoms with Crippen LogP contribution in [-0.2, 0) is 17.2 Å². The third-order valence-corrected chi connectivity index (χ3v) is 2.71. The van der Waals surface area contributed by atoms with Crippen molar-refractivity contribution >= 4 is 11.6 Å². The summed E-state index contributed by atoms with van der Waals surface area (Å²) in [6.45, 7) is 7.95. The number of rotatable bonds is 6. The maximum absolute atomic E-state index is 5.85. The highest BCUT2D eigenvalue weighted by atomic mass is 35.5. The van der Waals surface area contributed by atoms with Gasteiger partial charge in [0.25, 0.3) is 0 Å². The normalized spacial score (nSPS) is 13.4. The molecule has 0 aromatic carbocycles. The highest BCUT2D eigenvalue weighted by Crippen LogP contribution is 2.19. The van der Waals surface area contributed by atoms with E-state index in [-0.39, 0.29) is 0 Å². The van der Waals surface area contributed by atoms with Crippen LogP contribution in [0.1, 0.15) is 38.1 Å². The maximum atomic E-state index is 5.85. The Morgan fingerprint density at radius 3 is 2.56 bits per heavy atom. The summed E-state index contributed by atoms with van der Waals surface area (Å²) in [5.41, 5.74) is 2.03. The molecule has 0 saturated carbocycles. The second-order valence-electron chi connectivity index (χ2n) is 4.45. The Morgan fingerprint density at radius 1 is 1.38 bits per heavy atom. The van der Waals surface area contributed by atoms with Gasteiger partial charge in [0.15, 0.2) is 0 Å². The van der Waals surface area contributed by atoms with Gasteiger partial charge in [-0.1, -0.05) is 26.0 Å². The van der Waals surface area contributed by atoms with Gasteiger partial charge in [0, 0.05) is 13.7 Å². The van der Waals surface area contributed by atoms with E-state index in [2.05, 4.69) is 31.1 Å². The quantitative estimate of drug-likeness (QED) is 0.723. The second-order valence-corrected chi connectivity index (χ2v) is 4.72. The Balaban J connectivity index is 2.83. The molecule has 1 rings (SSSR count). The molecule has 0 spiro atoms. The van der Waals surface area contributed by atoms with Crippen molar-refractivity contribution in [3.63, 3.8) is 0 Å². The standard InChI is InChI=1S/C11H20ClN3O/c1-8(2)11-10(5-12)13-14-15(11)6-9(3)7-16-4/h8-9H,5-7H2,1-4H3. The molecule has 0 amide bonds. The van der Waals surface area contributed by atoms with Crippen molar-refractivity contribution < 1.29 is 4.74 Å². The first kappa shape index (κ1) is 13.5. The monoisotopic (exact) mass is 245 g/mol. The van der Waals surface area contributed by atoms with Crippen LogP contribution in [0.4, 0.5) is 0 Å². The predicted octanol–water partition coefficient (Wildman–Crippen LogP) is 2.42. The molecule has 1 atom stereocenters. The van der Waals surface area contributed by atoms with Gasteiger partial charge in [-0.15, -0.1) is 16.7 Å². The SMILES string of the molecule is COCC(C)Cn1nnc(CCl)c1C(C)C. The molecule has 0 bridgehead atoms. The minimum atomic E-state index is 0.387. The number of ether oxygens (including phenoxy) is 1. The summed E-state index contributed by atoms with van der Waals surface area (Å²) in [6, 6.07) is 0. The molecule has 16 heavy (non-hydrogen) atoms. The van der Waals surface area contributed by atoms with Gasteiger partial charge >= 0.3 is 0 Å². The van der Waals surface area contributed by atoms with Crippen LogP contribution in [0.2, 0.25) is 0 Å². The number of hydrogen-bond donors (Lipinski definition) is 0. The van der Waals surface area contributed by atoms with E-state index in [1.165, 1.54) is 0 Å². The summed E-state index contributed by atoms with van der Waals surface area (Å²) >= 11 is 5.85. The molecule has 1 aromatic rings. The van der Waals surface area contributed by atoms with Gasteiger partial charge in [-0.2, -0.15) is 0 Å². The van der Waals surface area contributed by atoms with E-state index in [0.29, 0.717) is 17.7 Å². The van der Waals surface area contributed by atoms with E-state index < -0.39 is 0 Å². The van der Waals surface area contributed by atoms with Gasteiger partial charge in [-0.05, 0) is 11.8 Å². The summed E-state index contributed by atoms with van der Waals surface area (Å²) in [5, 5.41) is 8.27. The van der Waals surface area contributed by atoms with Crippen LogP contribution in [0, 0.1) is 5.92 Å². The van der Waals surface area contributed by atoms with Crippen LogP contribution in [0.5, 0.6) is 0 Å². The zero-order valence-corrected chi connectivity index (χ0v) is 11.2. The Morgan fingerprint density at radius 2 is 2.06 bits per heavy atom. The summed E-state index contributed by atoms with van der Waals surface area (Å²) in [4.78, 5) is 0. The van der Waals surface area contributed by atoms with Crippen molar-refractivity contribution in [1.82, 2.24) is 15.0 Å². The molecule has 0 saturated heterocycles. The number of halogens is 1. The number of alkyl halides is 1. The van der Waals surface area contributed by atoms with Gasteiger partial charge in [-0.3, -0.25) is 0 Å². The summed E-state index contributed by atoms with van der Waals surface area (Å²) in [6.07, 6.45) is 0. The highest BCUT2D eigenvalue weighted by molar-refractivity contribution is 6.16. The zero-order chi connectivity index (χ0) is 12.1. The molecule has 1 aromatic heterocycles. The Labute approximate surface area is 102 Å². The van der Waals surface area contributed by atoms with Gasteiger partial charge in [0.05, 0.1) is 18.2 Å². The van der Waals surface area contributed by atoms with E-state index in [4.69, 9.17) is 16.3 Å². The van der Waals surface area contributed by atoms with Crippen molar-refractivity contribution in [2.75, 3.05) is 13.7 Å². The van der Waals surface area contributed by atoms with Crippen molar-refractivity contribution in [3.8, 4) is 0 Å². The number of nitrogens with zero attached hydrogens (tertiary/aromatic N) is 3. The maximum Gasteiger partial charge on any atom is 0.101 e. The van der Waals surface area contributed by atoms with Crippen LogP contribution in [0.15, 0.2) is 0 Å². The van der Waals surface area contributed by atoms with E-state index >= 15 is 0 Å². The first-order valence-electron chi connectivity index (χ1n) is 5.57. The molecule has 0 fully saturated rings. The Hall–Kier alpha value is -0.610. The van der Waals surface area contributed by atoms with Gasteiger partial charge in [-0.25, -0.2) is 4.68 Å². The predicted molar refractivity (Wildman–Crippen MR) is 64.7 cm³/mol. The summed E-state index contributed by atoms with van der Waals surface area (Å²) in [5.74, 6) is 1.23. The average Bonchev–Trinajstić information content (AvgIpc) is 2.61. The number of methoxy groups -OCH3 is 1. The fourth-order valence-electron chi connectivity index (χ4n) is 1.85. The lowest BCUT2D eigenvalue weighted by atomic mass is 10.1. The van der Waals surface area contributed by atoms with Crippen molar-refractivity contribution in [2.24, 2.45) is 5.92 Å². The average molecular weight is 246 g/mol. The van der Waals surface area contributed by atoms with E-state index in [1.807, 2.05) is 4.68 Å². The molecule has 0 radical (unpaired) electrons. The van der Waals surface area contributed by atoms with E-state index in [9.17, 15) is 0 Å². The topological polar surface area (TPSA) is 39.9 Å². The molecule has 0 aliphatic heterocycles. The van der Waals surface area contributed by atoms with Gasteiger partial charge < -0.3 is 4.74 Å². The van der Waals surface area contributed by atoms with Crippen LogP contribution < -0.4 is 0 Å². The van der Waals surface area contributed by atoms with Gasteiger partial charge in [0.2, 0.25) is 0 Å². The highest BCUT2D eigenvalue weighted by Gasteiger charge is 2.16. The first-order valence-corrected chi connectivity index (χ1v) is 6.10. The number of hydrogen-bond acceptors (Lipinski definition) is 3. The Kier molecular flexibility index (Phi) is 5.22. The molecular formula is C11H20ClN3O. The fourth-order valence-corrected chi connectivity index (χ4v) is 2.04. The third-order valence-electron chi connectivity index (χ3n) is 2.46. The van der Waals surface area contributed by atoms with E-state index in [1.54, 1.807) is 7.11 Å². The summed E-state index contributed by atoms with van der Waals surface area (Å²) in [7, 11) is 1.71. The molecule has 4 nitrogen and oxygen atoms in total. The second kappa shape index (κ2) is 6.21. The minimum absolute atomic E-state index is 0.387. The van der Waals surface area contributed by atoms with Crippen LogP contribution in [-0.4, -0.2) is 28.7 Å². The molecule has 1 unspecified atom stereocenters. The lowest BCUT2D eigenvalue weighted by Crippen LogP contribution is -2.16. The molecule has 0 aliphatic rings. The minimum Gasteiger partial charge on any atom is -0.384 e. The fraction of sp³-hybridized carbons (Fsp3) is 0.818. The molecule has 0 N–H and O–H groups in total. The number of aromatic nitrogens is 3. The van der Waals surface area contributed by atoms with Gasteiger partial charge in [0.1, 0.15) is 5.69 Å². The lowest BCUT2D eigenvalue weighted by molar-refractivity contribution is 0.148. The first-order chi connectivity index (χ1) is 7.60. The molecule has 1 heterocycles. The van der Waals surface area contributed by atoms with Crippen molar-refractivity contribution in [1.29, 1.82) is 0 Å². The van der Waals surface area contributed by atoms with Crippen LogP contribution in [0.25, 0.3) is 0 Å². The van der Waals surface area contributed by atoms with Crippen LogP contribution in [0.3, 0.4) is 0 Å². The molecule has 0 aliphatic carbocycles. The molecule has 5 heteroatoms. The third kappa shape index (κ3) is 3.19. The molecule has 92 valence electrons. The zero-order valence-electron chi connectivity index (χ0n) is 10.4. The lowest BCUT2D eigenvalue weighted by Gasteiger charge is -2.14. The van der Waals surface area contributed by atoms with Crippen molar-refractivity contribution in [3.05, 3.63) is 11.4 Å². The smallest absolute Gasteiger partial charge is 0.101 e. The Bertz CT molecular complexity index is 325. The largest absolute Gasteiger partial charge is 0.384 e. The summed E-state index contributed by atoms with van der Waals surface area (Å²) < 4.78 is 7.07. The van der Waals surface area contributed by atoms with E-state index in [0.717, 1.165) is 24.5 Å². The van der Waals surface area contributed by atoms with Crippen LogP contribution >= 0.6 is 11.6 Å².